The Morgan fingerprint density at radius 2 is 1.96 bits per heavy atom. The summed E-state index contributed by atoms with van der Waals surface area (Å²) in [5.41, 5.74) is 0. The second-order valence-electron chi connectivity index (χ2n) is 5.33. The minimum absolute atomic E-state index is 0.199. The maximum atomic E-state index is 5.90. The van der Waals surface area contributed by atoms with E-state index in [0.717, 1.165) is 17.1 Å². The number of hydrogen-bond acceptors (Lipinski definition) is 3. The molecular weight excluding hydrogens is 290 g/mol. The molecule has 5 heteroatoms. The molecule has 23 heavy (non-hydrogen) atoms. The highest BCUT2D eigenvalue weighted by Gasteiger charge is 2.05. The Labute approximate surface area is 137 Å². The van der Waals surface area contributed by atoms with Gasteiger partial charge < -0.3 is 20.1 Å². The maximum absolute atomic E-state index is 5.90. The van der Waals surface area contributed by atoms with Crippen molar-refractivity contribution in [1.29, 1.82) is 0 Å². The molecule has 0 spiro atoms. The van der Waals surface area contributed by atoms with Gasteiger partial charge in [-0.2, -0.15) is 0 Å². The number of benzene rings is 2. The second kappa shape index (κ2) is 9.00. The van der Waals surface area contributed by atoms with E-state index in [-0.39, 0.29) is 6.04 Å². The summed E-state index contributed by atoms with van der Waals surface area (Å²) in [6.45, 7) is 3.91. The van der Waals surface area contributed by atoms with Crippen LogP contribution in [0.25, 0.3) is 10.8 Å². The van der Waals surface area contributed by atoms with Crippen LogP contribution in [0.5, 0.6) is 5.75 Å². The van der Waals surface area contributed by atoms with Crippen LogP contribution in [0.4, 0.5) is 0 Å². The first-order chi connectivity index (χ1) is 11.2. The standard InChI is InChI=1S/C18H25N3O2/c1-14(13-22-3)21-18(19-2)20-11-12-23-17-10-6-8-15-7-4-5-9-16(15)17/h4-10,14H,11-13H2,1-3H3,(H2,19,20,21). The molecule has 0 aliphatic carbocycles. The summed E-state index contributed by atoms with van der Waals surface area (Å²) in [6, 6.07) is 14.5. The predicted molar refractivity (Wildman–Crippen MR) is 95.3 cm³/mol. The molecule has 1 unspecified atom stereocenters. The van der Waals surface area contributed by atoms with Gasteiger partial charge in [0, 0.05) is 25.6 Å². The average Bonchev–Trinajstić information content (AvgIpc) is 2.58. The van der Waals surface area contributed by atoms with E-state index in [2.05, 4.69) is 33.8 Å². The molecule has 1 atom stereocenters. The largest absolute Gasteiger partial charge is 0.491 e. The van der Waals surface area contributed by atoms with Crippen LogP contribution in [0.1, 0.15) is 6.92 Å². The van der Waals surface area contributed by atoms with Crippen LogP contribution in [-0.2, 0) is 4.74 Å². The third-order valence-electron chi connectivity index (χ3n) is 3.43. The minimum Gasteiger partial charge on any atom is -0.491 e. The Kier molecular flexibility index (Phi) is 6.69. The van der Waals surface area contributed by atoms with Crippen molar-refractivity contribution < 1.29 is 9.47 Å². The first-order valence-electron chi connectivity index (χ1n) is 7.81. The van der Waals surface area contributed by atoms with Crippen molar-refractivity contribution in [3.63, 3.8) is 0 Å². The summed E-state index contributed by atoms with van der Waals surface area (Å²) in [6.07, 6.45) is 0. The van der Waals surface area contributed by atoms with Crippen molar-refractivity contribution in [2.75, 3.05) is 33.9 Å². The van der Waals surface area contributed by atoms with Gasteiger partial charge in [0.25, 0.3) is 0 Å². The van der Waals surface area contributed by atoms with Crippen molar-refractivity contribution in [2.45, 2.75) is 13.0 Å². The molecule has 0 fully saturated rings. The first kappa shape index (κ1) is 17.1. The van der Waals surface area contributed by atoms with Crippen LogP contribution in [0.3, 0.4) is 0 Å². The Balaban J connectivity index is 1.82. The van der Waals surface area contributed by atoms with E-state index in [1.807, 2.05) is 31.2 Å². The van der Waals surface area contributed by atoms with Crippen molar-refractivity contribution in [1.82, 2.24) is 10.6 Å². The van der Waals surface area contributed by atoms with E-state index in [1.165, 1.54) is 5.39 Å². The third-order valence-corrected chi connectivity index (χ3v) is 3.43. The molecule has 0 saturated carbocycles. The summed E-state index contributed by atoms with van der Waals surface area (Å²) in [5, 5.41) is 8.80. The molecule has 0 bridgehead atoms. The molecule has 0 saturated heterocycles. The molecule has 0 radical (unpaired) electrons. The maximum Gasteiger partial charge on any atom is 0.191 e. The molecular formula is C18H25N3O2. The summed E-state index contributed by atoms with van der Waals surface area (Å²) in [7, 11) is 3.44. The zero-order valence-corrected chi connectivity index (χ0v) is 14.0. The van der Waals surface area contributed by atoms with E-state index in [0.29, 0.717) is 19.8 Å². The topological polar surface area (TPSA) is 54.9 Å². The fourth-order valence-electron chi connectivity index (χ4n) is 2.37. The summed E-state index contributed by atoms with van der Waals surface area (Å²) in [4.78, 5) is 4.19. The highest BCUT2D eigenvalue weighted by molar-refractivity contribution is 5.88. The van der Waals surface area contributed by atoms with Gasteiger partial charge in [0.2, 0.25) is 0 Å². The fourth-order valence-corrected chi connectivity index (χ4v) is 2.37. The van der Waals surface area contributed by atoms with Gasteiger partial charge >= 0.3 is 0 Å². The number of aliphatic imine (C=N–C) groups is 1. The quantitative estimate of drug-likeness (QED) is 0.468. The second-order valence-corrected chi connectivity index (χ2v) is 5.33. The number of guanidine groups is 1. The SMILES string of the molecule is CN=C(NCCOc1cccc2ccccc12)NC(C)COC. The molecule has 2 rings (SSSR count). The lowest BCUT2D eigenvalue weighted by molar-refractivity contribution is 0.179. The highest BCUT2D eigenvalue weighted by atomic mass is 16.5. The molecule has 0 amide bonds. The Bertz CT molecular complexity index is 638. The Hall–Kier alpha value is -2.27. The van der Waals surface area contributed by atoms with Crippen molar-refractivity contribution in [2.24, 2.45) is 4.99 Å². The molecule has 0 aromatic heterocycles. The van der Waals surface area contributed by atoms with Crippen LogP contribution in [0.15, 0.2) is 47.5 Å². The van der Waals surface area contributed by atoms with E-state index in [9.17, 15) is 0 Å². The molecule has 0 aliphatic heterocycles. The normalized spacial score (nSPS) is 12.9. The number of methoxy groups -OCH3 is 1. The number of rotatable bonds is 7. The van der Waals surface area contributed by atoms with Gasteiger partial charge in [-0.05, 0) is 18.4 Å². The Morgan fingerprint density at radius 1 is 1.17 bits per heavy atom. The number of nitrogens with one attached hydrogen (secondary N) is 2. The lowest BCUT2D eigenvalue weighted by Gasteiger charge is -2.17. The molecule has 0 heterocycles. The van der Waals surface area contributed by atoms with Crippen LogP contribution < -0.4 is 15.4 Å². The van der Waals surface area contributed by atoms with Gasteiger partial charge in [-0.1, -0.05) is 36.4 Å². The van der Waals surface area contributed by atoms with Crippen LogP contribution in [0, 0.1) is 0 Å². The molecule has 5 nitrogen and oxygen atoms in total. The number of nitrogens with zero attached hydrogens (tertiary/aromatic N) is 1. The van der Waals surface area contributed by atoms with Crippen molar-refractivity contribution in [3.8, 4) is 5.75 Å². The Morgan fingerprint density at radius 3 is 2.74 bits per heavy atom. The van der Waals surface area contributed by atoms with Crippen LogP contribution >= 0.6 is 0 Å². The minimum atomic E-state index is 0.199. The molecule has 2 aromatic carbocycles. The van der Waals surface area contributed by atoms with Gasteiger partial charge in [0.05, 0.1) is 13.2 Å². The van der Waals surface area contributed by atoms with E-state index < -0.39 is 0 Å². The molecule has 2 N–H and O–H groups in total. The number of fused-ring (bicyclic) bond motifs is 1. The zero-order valence-electron chi connectivity index (χ0n) is 14.0. The fraction of sp³-hybridized carbons (Fsp3) is 0.389. The monoisotopic (exact) mass is 315 g/mol. The average molecular weight is 315 g/mol. The van der Waals surface area contributed by atoms with E-state index in [1.54, 1.807) is 14.2 Å². The number of ether oxygens (including phenoxy) is 2. The van der Waals surface area contributed by atoms with Gasteiger partial charge in [0.1, 0.15) is 12.4 Å². The molecule has 0 aliphatic rings. The summed E-state index contributed by atoms with van der Waals surface area (Å²) >= 11 is 0. The number of hydrogen-bond donors (Lipinski definition) is 2. The summed E-state index contributed by atoms with van der Waals surface area (Å²) in [5.74, 6) is 1.65. The smallest absolute Gasteiger partial charge is 0.191 e. The van der Waals surface area contributed by atoms with Crippen LogP contribution in [-0.4, -0.2) is 45.9 Å². The molecule has 124 valence electrons. The van der Waals surface area contributed by atoms with Gasteiger partial charge in [-0.25, -0.2) is 0 Å². The third kappa shape index (κ3) is 5.14. The summed E-state index contributed by atoms with van der Waals surface area (Å²) < 4.78 is 11.0. The van der Waals surface area contributed by atoms with Crippen molar-refractivity contribution >= 4 is 16.7 Å². The van der Waals surface area contributed by atoms with Gasteiger partial charge in [0.15, 0.2) is 5.96 Å². The van der Waals surface area contributed by atoms with E-state index in [4.69, 9.17) is 9.47 Å². The van der Waals surface area contributed by atoms with Crippen LogP contribution in [0.2, 0.25) is 0 Å². The van der Waals surface area contributed by atoms with Gasteiger partial charge in [-0.15, -0.1) is 0 Å². The lowest BCUT2D eigenvalue weighted by atomic mass is 10.1. The highest BCUT2D eigenvalue weighted by Crippen LogP contribution is 2.24. The molecule has 2 aromatic rings. The first-order valence-corrected chi connectivity index (χ1v) is 7.81. The van der Waals surface area contributed by atoms with E-state index >= 15 is 0 Å². The van der Waals surface area contributed by atoms with Gasteiger partial charge in [-0.3, -0.25) is 4.99 Å². The lowest BCUT2D eigenvalue weighted by Crippen LogP contribution is -2.45. The predicted octanol–water partition coefficient (Wildman–Crippen LogP) is 2.42. The van der Waals surface area contributed by atoms with Crippen molar-refractivity contribution in [3.05, 3.63) is 42.5 Å². The zero-order chi connectivity index (χ0) is 16.5.